The lowest BCUT2D eigenvalue weighted by atomic mass is 9.89. The molecule has 0 aromatic heterocycles. The zero-order chi connectivity index (χ0) is 17.3. The Bertz CT molecular complexity index is 801. The molecule has 2 aromatic carbocycles. The molecular formula is C23H26N2S. The predicted molar refractivity (Wildman–Crippen MR) is 112 cm³/mol. The lowest BCUT2D eigenvalue weighted by Gasteiger charge is -2.38. The zero-order valence-corrected chi connectivity index (χ0v) is 16.0. The number of likely N-dealkylation sites (tertiary alicyclic amines) is 1. The highest BCUT2D eigenvalue weighted by atomic mass is 32.2. The molecule has 134 valence electrons. The van der Waals surface area contributed by atoms with Gasteiger partial charge in [0.25, 0.3) is 0 Å². The van der Waals surface area contributed by atoms with Gasteiger partial charge in [0.05, 0.1) is 5.69 Å². The van der Waals surface area contributed by atoms with E-state index in [1.807, 2.05) is 0 Å². The minimum atomic E-state index is 0.683. The van der Waals surface area contributed by atoms with E-state index < -0.39 is 0 Å². The third kappa shape index (κ3) is 2.97. The number of hydrogen-bond donors (Lipinski definition) is 0. The van der Waals surface area contributed by atoms with Crippen LogP contribution in [0.15, 0.2) is 59.5 Å². The Balaban J connectivity index is 1.33. The first kappa shape index (κ1) is 16.5. The number of hydrogen-bond acceptors (Lipinski definition) is 3. The number of anilines is 1. The summed E-state index contributed by atoms with van der Waals surface area (Å²) >= 11 is 2.06. The Morgan fingerprint density at radius 1 is 1.04 bits per heavy atom. The molecule has 0 aliphatic carbocycles. The second-order valence-electron chi connectivity index (χ2n) is 7.62. The largest absolute Gasteiger partial charge is 0.367 e. The Labute approximate surface area is 160 Å². The molecule has 0 bridgehead atoms. The van der Waals surface area contributed by atoms with Gasteiger partial charge in [0.15, 0.2) is 0 Å². The van der Waals surface area contributed by atoms with E-state index >= 15 is 0 Å². The van der Waals surface area contributed by atoms with E-state index in [-0.39, 0.29) is 0 Å². The molecule has 0 amide bonds. The Morgan fingerprint density at radius 2 is 1.96 bits per heavy atom. The second kappa shape index (κ2) is 7.13. The number of para-hydroxylation sites is 1. The highest BCUT2D eigenvalue weighted by Crippen LogP contribution is 2.50. The number of rotatable bonds is 3. The van der Waals surface area contributed by atoms with E-state index in [1.165, 1.54) is 48.7 Å². The van der Waals surface area contributed by atoms with E-state index in [4.69, 9.17) is 0 Å². The van der Waals surface area contributed by atoms with Gasteiger partial charge in [0.2, 0.25) is 0 Å². The first-order valence-electron chi connectivity index (χ1n) is 9.86. The molecule has 0 unspecified atom stereocenters. The monoisotopic (exact) mass is 362 g/mol. The molecular weight excluding hydrogens is 336 g/mol. The Morgan fingerprint density at radius 3 is 2.88 bits per heavy atom. The average Bonchev–Trinajstić information content (AvgIpc) is 2.84. The normalized spacial score (nSPS) is 25.2. The van der Waals surface area contributed by atoms with Gasteiger partial charge >= 0.3 is 0 Å². The van der Waals surface area contributed by atoms with Gasteiger partial charge in [-0.25, -0.2) is 0 Å². The number of nitrogens with zero attached hydrogens (tertiary/aromatic N) is 2. The molecule has 26 heavy (non-hydrogen) atoms. The summed E-state index contributed by atoms with van der Waals surface area (Å²) in [4.78, 5) is 6.91. The Kier molecular flexibility index (Phi) is 4.51. The van der Waals surface area contributed by atoms with E-state index in [0.29, 0.717) is 5.92 Å². The van der Waals surface area contributed by atoms with E-state index in [2.05, 4.69) is 82.2 Å². The van der Waals surface area contributed by atoms with Crippen molar-refractivity contribution in [3.63, 3.8) is 0 Å². The zero-order valence-electron chi connectivity index (χ0n) is 15.2. The van der Waals surface area contributed by atoms with Gasteiger partial charge in [-0.15, -0.1) is 11.8 Å². The van der Waals surface area contributed by atoms with Crippen molar-refractivity contribution in [2.45, 2.75) is 29.7 Å². The number of fused-ring (bicyclic) bond motifs is 3. The van der Waals surface area contributed by atoms with Crippen LogP contribution in [0.3, 0.4) is 0 Å². The molecule has 5 rings (SSSR count). The van der Waals surface area contributed by atoms with Crippen LogP contribution in [-0.4, -0.2) is 42.9 Å². The smallest absolute Gasteiger partial charge is 0.0543 e. The van der Waals surface area contributed by atoms with Crippen molar-refractivity contribution in [1.29, 1.82) is 0 Å². The minimum Gasteiger partial charge on any atom is -0.367 e. The maximum atomic E-state index is 2.76. The quantitative estimate of drug-likeness (QED) is 0.769. The summed E-state index contributed by atoms with van der Waals surface area (Å²) in [5, 5.41) is 0. The summed E-state index contributed by atoms with van der Waals surface area (Å²) in [6.07, 6.45) is 7.20. The number of piperidine rings is 1. The van der Waals surface area contributed by atoms with E-state index in [1.54, 1.807) is 11.3 Å². The molecule has 0 radical (unpaired) electrons. The fourth-order valence-corrected chi connectivity index (χ4v) is 5.92. The van der Waals surface area contributed by atoms with E-state index in [9.17, 15) is 0 Å². The summed E-state index contributed by atoms with van der Waals surface area (Å²) < 4.78 is 0. The maximum Gasteiger partial charge on any atom is 0.0543 e. The van der Waals surface area contributed by atoms with Crippen LogP contribution in [0.5, 0.6) is 0 Å². The summed E-state index contributed by atoms with van der Waals surface area (Å²) in [5.41, 5.74) is 4.48. The van der Waals surface area contributed by atoms with Crippen molar-refractivity contribution in [2.24, 2.45) is 0 Å². The third-order valence-electron chi connectivity index (χ3n) is 6.05. The number of benzene rings is 2. The molecule has 0 N–H and O–H groups in total. The standard InChI is InChI=1S/C23H26N2S/c1-2-7-18(8-3-1)9-5-13-24-15-12-21-20(17-24)19-10-4-11-22-23(19)25(21)14-6-16-26-22/h1-5,7-11,20-21H,6,12-17H2/b9-5+/t20-,21-/m1/s1. The van der Waals surface area contributed by atoms with Crippen molar-refractivity contribution in [3.05, 3.63) is 65.7 Å². The molecule has 2 atom stereocenters. The molecule has 0 saturated carbocycles. The minimum absolute atomic E-state index is 0.683. The van der Waals surface area contributed by atoms with Crippen molar-refractivity contribution < 1.29 is 0 Å². The molecule has 3 aliphatic rings. The SMILES string of the molecule is C(=C\c1ccccc1)/CN1CC[C@@H]2[C@H](C1)c1cccc3c1N2CCCS3. The topological polar surface area (TPSA) is 6.48 Å². The van der Waals surface area contributed by atoms with Crippen LogP contribution in [0.2, 0.25) is 0 Å². The van der Waals surface area contributed by atoms with Gasteiger partial charge in [0, 0.05) is 43.0 Å². The molecule has 3 aliphatic heterocycles. The van der Waals surface area contributed by atoms with Gasteiger partial charge in [-0.3, -0.25) is 4.90 Å². The summed E-state index contributed by atoms with van der Waals surface area (Å²) in [7, 11) is 0. The average molecular weight is 363 g/mol. The van der Waals surface area contributed by atoms with Crippen molar-refractivity contribution >= 4 is 23.5 Å². The van der Waals surface area contributed by atoms with Crippen LogP contribution in [0.1, 0.15) is 29.9 Å². The van der Waals surface area contributed by atoms with Crippen LogP contribution < -0.4 is 4.90 Å². The van der Waals surface area contributed by atoms with Crippen LogP contribution in [0.4, 0.5) is 5.69 Å². The predicted octanol–water partition coefficient (Wildman–Crippen LogP) is 4.87. The molecule has 2 nitrogen and oxygen atoms in total. The Hall–Kier alpha value is -1.71. The highest BCUT2D eigenvalue weighted by Gasteiger charge is 2.42. The maximum absolute atomic E-state index is 2.76. The molecule has 2 aromatic rings. The lowest BCUT2D eigenvalue weighted by molar-refractivity contribution is 0.211. The molecule has 1 saturated heterocycles. The summed E-state index contributed by atoms with van der Waals surface area (Å²) in [5.74, 6) is 1.95. The highest BCUT2D eigenvalue weighted by molar-refractivity contribution is 7.99. The van der Waals surface area contributed by atoms with Crippen LogP contribution in [0, 0.1) is 0 Å². The van der Waals surface area contributed by atoms with Gasteiger partial charge in [-0.05, 0) is 35.8 Å². The number of thioether (sulfide) groups is 1. The summed E-state index contributed by atoms with van der Waals surface area (Å²) in [6, 6.07) is 18.4. The molecule has 3 heteroatoms. The van der Waals surface area contributed by atoms with Crippen LogP contribution in [-0.2, 0) is 0 Å². The third-order valence-corrected chi connectivity index (χ3v) is 7.19. The summed E-state index contributed by atoms with van der Waals surface area (Å²) in [6.45, 7) is 4.71. The second-order valence-corrected chi connectivity index (χ2v) is 8.76. The molecule has 1 fully saturated rings. The van der Waals surface area contributed by atoms with Crippen molar-refractivity contribution in [2.75, 3.05) is 36.8 Å². The van der Waals surface area contributed by atoms with Gasteiger partial charge in [-0.2, -0.15) is 0 Å². The van der Waals surface area contributed by atoms with Gasteiger partial charge < -0.3 is 4.90 Å². The first-order valence-corrected chi connectivity index (χ1v) is 10.8. The molecule has 0 spiro atoms. The van der Waals surface area contributed by atoms with Gasteiger partial charge in [0.1, 0.15) is 0 Å². The molecule has 3 heterocycles. The van der Waals surface area contributed by atoms with Crippen molar-refractivity contribution in [3.8, 4) is 0 Å². The van der Waals surface area contributed by atoms with E-state index in [0.717, 1.165) is 12.6 Å². The fourth-order valence-electron chi connectivity index (χ4n) is 4.88. The van der Waals surface area contributed by atoms with Gasteiger partial charge in [-0.1, -0.05) is 54.6 Å². The van der Waals surface area contributed by atoms with Crippen molar-refractivity contribution in [1.82, 2.24) is 4.90 Å². The first-order chi connectivity index (χ1) is 12.9. The van der Waals surface area contributed by atoms with Crippen LogP contribution in [0.25, 0.3) is 6.08 Å². The lowest BCUT2D eigenvalue weighted by Crippen LogP contribution is -2.46. The fraction of sp³-hybridized carbons (Fsp3) is 0.391. The van der Waals surface area contributed by atoms with Crippen LogP contribution >= 0.6 is 11.8 Å².